The molecule has 0 saturated heterocycles. The number of hydrogen-bond acceptors (Lipinski definition) is 2. The zero-order valence-corrected chi connectivity index (χ0v) is 7.85. The number of rotatable bonds is 0. The zero-order chi connectivity index (χ0) is 9.19. The Morgan fingerprint density at radius 3 is 2.42 bits per heavy atom. The minimum atomic E-state index is -0.268. The lowest BCUT2D eigenvalue weighted by molar-refractivity contribution is -0.129. The largest absolute Gasteiger partial charge is 0.300 e. The summed E-state index contributed by atoms with van der Waals surface area (Å²) in [4.78, 5) is 22.6. The molecule has 1 fully saturated rings. The fourth-order valence-electron chi connectivity index (χ4n) is 1.50. The zero-order valence-electron chi connectivity index (χ0n) is 7.85. The maximum atomic E-state index is 11.5. The van der Waals surface area contributed by atoms with Crippen LogP contribution < -0.4 is 0 Å². The second-order valence-electron chi connectivity index (χ2n) is 4.20. The molecule has 0 aromatic carbocycles. The van der Waals surface area contributed by atoms with Crippen LogP contribution in [-0.4, -0.2) is 11.6 Å². The Bertz CT molecular complexity index is 204. The van der Waals surface area contributed by atoms with Crippen molar-refractivity contribution in [1.82, 2.24) is 0 Å². The summed E-state index contributed by atoms with van der Waals surface area (Å²) in [6, 6.07) is 0. The van der Waals surface area contributed by atoms with Crippen LogP contribution in [-0.2, 0) is 9.59 Å². The normalized spacial score (nSPS) is 24.8. The van der Waals surface area contributed by atoms with E-state index in [1.165, 1.54) is 0 Å². The van der Waals surface area contributed by atoms with Gasteiger partial charge in [-0.05, 0) is 12.8 Å². The molecule has 1 rings (SSSR count). The van der Waals surface area contributed by atoms with Gasteiger partial charge in [0.1, 0.15) is 11.6 Å². The summed E-state index contributed by atoms with van der Waals surface area (Å²) < 4.78 is 0. The third-order valence-electron chi connectivity index (χ3n) is 2.64. The minimum absolute atomic E-state index is 0.268. The van der Waals surface area contributed by atoms with E-state index in [0.717, 1.165) is 12.8 Å². The first kappa shape index (κ1) is 9.43. The van der Waals surface area contributed by atoms with Gasteiger partial charge in [-0.25, -0.2) is 0 Å². The molecule has 1 aliphatic carbocycles. The third kappa shape index (κ3) is 2.16. The average molecular weight is 168 g/mol. The molecule has 2 heteroatoms. The molecule has 0 aliphatic heterocycles. The standard InChI is InChI=1S/C10H16O2/c1-10(2)7-6-8(11)4-3-5-9(10)12/h3-7H2,1-2H3. The Labute approximate surface area is 73.3 Å². The summed E-state index contributed by atoms with van der Waals surface area (Å²) >= 11 is 0. The van der Waals surface area contributed by atoms with E-state index < -0.39 is 0 Å². The summed E-state index contributed by atoms with van der Waals surface area (Å²) in [5, 5.41) is 0. The molecule has 0 spiro atoms. The van der Waals surface area contributed by atoms with Gasteiger partial charge in [0.05, 0.1) is 0 Å². The Balaban J connectivity index is 2.64. The fraction of sp³-hybridized carbons (Fsp3) is 0.800. The number of carbonyl (C=O) groups is 2. The highest BCUT2D eigenvalue weighted by atomic mass is 16.1. The van der Waals surface area contributed by atoms with Crippen molar-refractivity contribution in [2.75, 3.05) is 0 Å². The smallest absolute Gasteiger partial charge is 0.138 e. The number of ketones is 2. The first-order chi connectivity index (χ1) is 5.52. The van der Waals surface area contributed by atoms with Gasteiger partial charge in [-0.1, -0.05) is 13.8 Å². The molecule has 0 atom stereocenters. The second kappa shape index (κ2) is 3.38. The lowest BCUT2D eigenvalue weighted by atomic mass is 9.78. The Morgan fingerprint density at radius 2 is 1.75 bits per heavy atom. The quantitative estimate of drug-likeness (QED) is 0.555. The number of carbonyl (C=O) groups excluding carboxylic acids is 2. The van der Waals surface area contributed by atoms with Crippen LogP contribution in [0.3, 0.4) is 0 Å². The van der Waals surface area contributed by atoms with Gasteiger partial charge < -0.3 is 0 Å². The number of hydrogen-bond donors (Lipinski definition) is 0. The molecule has 0 amide bonds. The Kier molecular flexibility index (Phi) is 2.65. The van der Waals surface area contributed by atoms with Crippen LogP contribution in [0.2, 0.25) is 0 Å². The van der Waals surface area contributed by atoms with Gasteiger partial charge in [0.15, 0.2) is 0 Å². The van der Waals surface area contributed by atoms with E-state index >= 15 is 0 Å². The van der Waals surface area contributed by atoms with Crippen molar-refractivity contribution in [3.8, 4) is 0 Å². The maximum absolute atomic E-state index is 11.5. The van der Waals surface area contributed by atoms with Crippen LogP contribution in [0.4, 0.5) is 0 Å². The summed E-state index contributed by atoms with van der Waals surface area (Å²) in [6.45, 7) is 3.88. The predicted molar refractivity (Wildman–Crippen MR) is 46.9 cm³/mol. The van der Waals surface area contributed by atoms with E-state index in [-0.39, 0.29) is 5.41 Å². The van der Waals surface area contributed by atoms with Crippen LogP contribution in [0.1, 0.15) is 46.0 Å². The molecule has 0 unspecified atom stereocenters. The minimum Gasteiger partial charge on any atom is -0.300 e. The molecule has 0 heterocycles. The van der Waals surface area contributed by atoms with Crippen molar-refractivity contribution in [1.29, 1.82) is 0 Å². The van der Waals surface area contributed by atoms with Crippen LogP contribution in [0.25, 0.3) is 0 Å². The van der Waals surface area contributed by atoms with Gasteiger partial charge in [0.2, 0.25) is 0 Å². The van der Waals surface area contributed by atoms with Gasteiger partial charge >= 0.3 is 0 Å². The molecular weight excluding hydrogens is 152 g/mol. The summed E-state index contributed by atoms with van der Waals surface area (Å²) in [5.74, 6) is 0.630. The molecule has 1 aliphatic rings. The van der Waals surface area contributed by atoms with Crippen molar-refractivity contribution in [2.24, 2.45) is 5.41 Å². The lowest BCUT2D eigenvalue weighted by Crippen LogP contribution is -2.27. The first-order valence-electron chi connectivity index (χ1n) is 4.57. The molecule has 0 aromatic rings. The van der Waals surface area contributed by atoms with E-state index in [9.17, 15) is 9.59 Å². The van der Waals surface area contributed by atoms with E-state index in [2.05, 4.69) is 0 Å². The molecule has 0 N–H and O–H groups in total. The van der Waals surface area contributed by atoms with E-state index in [1.807, 2.05) is 13.8 Å². The van der Waals surface area contributed by atoms with Crippen molar-refractivity contribution >= 4 is 11.6 Å². The molecular formula is C10H16O2. The van der Waals surface area contributed by atoms with Gasteiger partial charge in [0, 0.05) is 24.7 Å². The summed E-state index contributed by atoms with van der Waals surface area (Å²) in [5.41, 5.74) is -0.268. The van der Waals surface area contributed by atoms with E-state index in [4.69, 9.17) is 0 Å². The van der Waals surface area contributed by atoms with Gasteiger partial charge in [-0.2, -0.15) is 0 Å². The molecule has 2 nitrogen and oxygen atoms in total. The SMILES string of the molecule is CC1(C)CCC(=O)CCCC1=O. The monoisotopic (exact) mass is 168 g/mol. The Morgan fingerprint density at radius 1 is 1.08 bits per heavy atom. The Hall–Kier alpha value is -0.660. The average Bonchev–Trinajstić information content (AvgIpc) is 1.99. The van der Waals surface area contributed by atoms with Crippen molar-refractivity contribution in [3.63, 3.8) is 0 Å². The molecule has 1 saturated carbocycles. The van der Waals surface area contributed by atoms with Crippen molar-refractivity contribution < 1.29 is 9.59 Å². The summed E-state index contributed by atoms with van der Waals surface area (Å²) in [6.07, 6.45) is 3.24. The molecule has 0 aromatic heterocycles. The van der Waals surface area contributed by atoms with E-state index in [0.29, 0.717) is 30.8 Å². The number of Topliss-reactive ketones (excluding diaryl/α,β-unsaturated/α-hetero) is 2. The maximum Gasteiger partial charge on any atom is 0.138 e. The van der Waals surface area contributed by atoms with Crippen LogP contribution in [0.15, 0.2) is 0 Å². The highest BCUT2D eigenvalue weighted by Crippen LogP contribution is 2.28. The highest BCUT2D eigenvalue weighted by molar-refractivity contribution is 5.87. The molecule has 0 bridgehead atoms. The fourth-order valence-corrected chi connectivity index (χ4v) is 1.50. The van der Waals surface area contributed by atoms with Crippen LogP contribution >= 0.6 is 0 Å². The molecule has 68 valence electrons. The van der Waals surface area contributed by atoms with Crippen molar-refractivity contribution in [3.05, 3.63) is 0 Å². The van der Waals surface area contributed by atoms with Crippen molar-refractivity contribution in [2.45, 2.75) is 46.0 Å². The highest BCUT2D eigenvalue weighted by Gasteiger charge is 2.29. The van der Waals surface area contributed by atoms with Gasteiger partial charge in [0.25, 0.3) is 0 Å². The van der Waals surface area contributed by atoms with Gasteiger partial charge in [-0.3, -0.25) is 9.59 Å². The first-order valence-corrected chi connectivity index (χ1v) is 4.57. The lowest BCUT2D eigenvalue weighted by Gasteiger charge is -2.24. The molecule has 0 radical (unpaired) electrons. The topological polar surface area (TPSA) is 34.1 Å². The predicted octanol–water partition coefficient (Wildman–Crippen LogP) is 2.11. The third-order valence-corrected chi connectivity index (χ3v) is 2.64. The van der Waals surface area contributed by atoms with Crippen LogP contribution in [0, 0.1) is 5.41 Å². The van der Waals surface area contributed by atoms with Gasteiger partial charge in [-0.15, -0.1) is 0 Å². The van der Waals surface area contributed by atoms with E-state index in [1.54, 1.807) is 0 Å². The second-order valence-corrected chi connectivity index (χ2v) is 4.20. The molecule has 12 heavy (non-hydrogen) atoms. The summed E-state index contributed by atoms with van der Waals surface area (Å²) in [7, 11) is 0. The van der Waals surface area contributed by atoms with Crippen LogP contribution in [0.5, 0.6) is 0 Å².